The Morgan fingerprint density at radius 2 is 1.89 bits per heavy atom. The number of amidine groups is 1. The van der Waals surface area contributed by atoms with E-state index in [2.05, 4.69) is 35.7 Å². The molecule has 1 aromatic heterocycles. The Balaban J connectivity index is 1.37. The number of rotatable bonds is 7. The van der Waals surface area contributed by atoms with E-state index in [9.17, 15) is 9.90 Å². The highest BCUT2D eigenvalue weighted by molar-refractivity contribution is 8.00. The SMILES string of the molecule is COC1C=CC=CC1C1=NC2Sc3c(O)cc(Cc4ccccc4)cc3C2C(=O)N1CCc1cccs1. The minimum Gasteiger partial charge on any atom is -0.507 e. The Labute approximate surface area is 225 Å². The van der Waals surface area contributed by atoms with Crippen LogP contribution in [0.15, 0.2) is 94.2 Å². The van der Waals surface area contributed by atoms with Crippen molar-refractivity contribution in [2.75, 3.05) is 13.7 Å². The standard InChI is InChI=1S/C30H28N2O3S2/c1-35-25-12-6-5-11-22(25)28-31-29-26(30(34)32(28)14-13-21-10-7-15-36-21)23-17-20(18-24(33)27(23)37-29)16-19-8-3-2-4-9-19/h2-12,15,17-18,22,25-26,29,33H,13-14,16H2,1H3. The smallest absolute Gasteiger partial charge is 0.238 e. The minimum atomic E-state index is -0.419. The van der Waals surface area contributed by atoms with E-state index in [4.69, 9.17) is 9.73 Å². The number of thioether (sulfide) groups is 1. The number of thiophene rings is 1. The number of phenolic OH excluding ortho intramolecular Hbond substituents is 1. The third kappa shape index (κ3) is 4.67. The molecule has 1 N–H and O–H groups in total. The van der Waals surface area contributed by atoms with Crippen LogP contribution in [-0.2, 0) is 22.4 Å². The van der Waals surface area contributed by atoms with E-state index in [-0.39, 0.29) is 29.1 Å². The Bertz CT molecular complexity index is 1380. The molecule has 3 aromatic rings. The van der Waals surface area contributed by atoms with Crippen molar-refractivity contribution in [3.05, 3.63) is 106 Å². The van der Waals surface area contributed by atoms with Gasteiger partial charge in [0.1, 0.15) is 17.0 Å². The summed E-state index contributed by atoms with van der Waals surface area (Å²) < 4.78 is 5.75. The summed E-state index contributed by atoms with van der Waals surface area (Å²) in [6, 6.07) is 18.3. The average Bonchev–Trinajstić information content (AvgIpc) is 3.57. The van der Waals surface area contributed by atoms with Gasteiger partial charge in [-0.15, -0.1) is 11.3 Å². The van der Waals surface area contributed by atoms with Crippen LogP contribution in [0.5, 0.6) is 5.75 Å². The maximum absolute atomic E-state index is 14.2. The second-order valence-corrected chi connectivity index (χ2v) is 11.6. The topological polar surface area (TPSA) is 62.1 Å². The molecular weight excluding hydrogens is 500 g/mol. The largest absolute Gasteiger partial charge is 0.507 e. The summed E-state index contributed by atoms with van der Waals surface area (Å²) in [5.41, 5.74) is 3.05. The van der Waals surface area contributed by atoms with Gasteiger partial charge in [0.15, 0.2) is 0 Å². The first-order valence-electron chi connectivity index (χ1n) is 12.5. The van der Waals surface area contributed by atoms with E-state index in [1.807, 2.05) is 53.5 Å². The van der Waals surface area contributed by atoms with Gasteiger partial charge in [-0.05, 0) is 47.0 Å². The van der Waals surface area contributed by atoms with Crippen molar-refractivity contribution in [2.45, 2.75) is 35.1 Å². The lowest BCUT2D eigenvalue weighted by Crippen LogP contribution is -2.51. The normalized spacial score (nSPS) is 24.2. The predicted molar refractivity (Wildman–Crippen MR) is 149 cm³/mol. The van der Waals surface area contributed by atoms with Gasteiger partial charge in [-0.25, -0.2) is 0 Å². The monoisotopic (exact) mass is 528 g/mol. The van der Waals surface area contributed by atoms with Gasteiger partial charge in [-0.3, -0.25) is 14.7 Å². The van der Waals surface area contributed by atoms with Crippen LogP contribution in [0.3, 0.4) is 0 Å². The summed E-state index contributed by atoms with van der Waals surface area (Å²) in [6.45, 7) is 0.557. The number of carbonyl (C=O) groups excluding carboxylic acids is 1. The van der Waals surface area contributed by atoms with E-state index in [1.54, 1.807) is 18.4 Å². The molecule has 2 aromatic carbocycles. The van der Waals surface area contributed by atoms with Crippen LogP contribution in [0.4, 0.5) is 0 Å². The van der Waals surface area contributed by atoms with Crippen LogP contribution in [0.25, 0.3) is 0 Å². The van der Waals surface area contributed by atoms with Crippen LogP contribution in [0.2, 0.25) is 0 Å². The van der Waals surface area contributed by atoms with Crippen molar-refractivity contribution in [3.8, 4) is 5.75 Å². The van der Waals surface area contributed by atoms with Crippen LogP contribution in [0, 0.1) is 5.92 Å². The number of fused-ring (bicyclic) bond motifs is 3. The minimum absolute atomic E-state index is 0.0480. The molecule has 3 heterocycles. The van der Waals surface area contributed by atoms with Gasteiger partial charge in [0.2, 0.25) is 5.91 Å². The van der Waals surface area contributed by atoms with E-state index >= 15 is 0 Å². The number of hydrogen-bond acceptors (Lipinski definition) is 6. The van der Waals surface area contributed by atoms with E-state index in [0.29, 0.717) is 13.0 Å². The molecule has 7 heteroatoms. The lowest BCUT2D eigenvalue weighted by Gasteiger charge is -2.38. The first-order valence-corrected chi connectivity index (χ1v) is 14.2. The van der Waals surface area contributed by atoms with Crippen LogP contribution in [-0.4, -0.2) is 46.9 Å². The quantitative estimate of drug-likeness (QED) is 0.421. The van der Waals surface area contributed by atoms with Gasteiger partial charge < -0.3 is 9.84 Å². The maximum Gasteiger partial charge on any atom is 0.238 e. The van der Waals surface area contributed by atoms with Crippen molar-refractivity contribution in [1.29, 1.82) is 0 Å². The summed E-state index contributed by atoms with van der Waals surface area (Å²) in [5.74, 6) is 0.465. The number of amides is 1. The molecule has 0 saturated carbocycles. The molecule has 37 heavy (non-hydrogen) atoms. The Kier molecular flexibility index (Phi) is 6.76. The molecule has 5 nitrogen and oxygen atoms in total. The second kappa shape index (κ2) is 10.3. The summed E-state index contributed by atoms with van der Waals surface area (Å²) in [7, 11) is 1.69. The maximum atomic E-state index is 14.2. The Morgan fingerprint density at radius 3 is 2.68 bits per heavy atom. The highest BCUT2D eigenvalue weighted by atomic mass is 32.2. The molecule has 6 rings (SSSR count). The summed E-state index contributed by atoms with van der Waals surface area (Å²) >= 11 is 3.20. The molecular formula is C30H28N2O3S2. The molecule has 4 unspecified atom stereocenters. The summed E-state index contributed by atoms with van der Waals surface area (Å²) in [4.78, 5) is 23.3. The zero-order chi connectivity index (χ0) is 25.4. The number of aliphatic imine (C=N–C) groups is 1. The van der Waals surface area contributed by atoms with Gasteiger partial charge in [-0.2, -0.15) is 0 Å². The third-order valence-corrected chi connectivity index (χ3v) is 9.39. The predicted octanol–water partition coefficient (Wildman–Crippen LogP) is 5.80. The number of nitrogens with zero attached hydrogens (tertiary/aromatic N) is 2. The van der Waals surface area contributed by atoms with Gasteiger partial charge >= 0.3 is 0 Å². The fourth-order valence-electron chi connectivity index (χ4n) is 5.38. The van der Waals surface area contributed by atoms with E-state index in [0.717, 1.165) is 28.3 Å². The van der Waals surface area contributed by atoms with Crippen LogP contribution in [0.1, 0.15) is 27.5 Å². The number of allylic oxidation sites excluding steroid dienone is 2. The zero-order valence-electron chi connectivity index (χ0n) is 20.5. The second-order valence-electron chi connectivity index (χ2n) is 9.48. The van der Waals surface area contributed by atoms with E-state index in [1.165, 1.54) is 22.2 Å². The molecule has 4 atom stereocenters. The van der Waals surface area contributed by atoms with Gasteiger partial charge in [0.05, 0.1) is 22.8 Å². The van der Waals surface area contributed by atoms with E-state index < -0.39 is 5.92 Å². The lowest BCUT2D eigenvalue weighted by molar-refractivity contribution is -0.129. The Hall–Kier alpha value is -3.13. The first-order chi connectivity index (χ1) is 18.1. The molecule has 0 fully saturated rings. The average molecular weight is 529 g/mol. The molecule has 0 radical (unpaired) electrons. The molecule has 0 bridgehead atoms. The van der Waals surface area contributed by atoms with Gasteiger partial charge in [0, 0.05) is 18.5 Å². The van der Waals surface area contributed by atoms with Crippen molar-refractivity contribution < 1.29 is 14.6 Å². The van der Waals surface area contributed by atoms with Crippen LogP contribution >= 0.6 is 23.1 Å². The number of hydrogen-bond donors (Lipinski definition) is 1. The zero-order valence-corrected chi connectivity index (χ0v) is 22.1. The van der Waals surface area contributed by atoms with Gasteiger partial charge in [-0.1, -0.05) is 78.5 Å². The van der Waals surface area contributed by atoms with Crippen molar-refractivity contribution in [3.63, 3.8) is 0 Å². The molecule has 188 valence electrons. The molecule has 1 aliphatic carbocycles. The van der Waals surface area contributed by atoms with Gasteiger partial charge in [0.25, 0.3) is 0 Å². The number of benzene rings is 2. The van der Waals surface area contributed by atoms with Crippen molar-refractivity contribution >= 4 is 34.8 Å². The highest BCUT2D eigenvalue weighted by Gasteiger charge is 2.48. The molecule has 3 aliphatic rings. The summed E-state index contributed by atoms with van der Waals surface area (Å²) in [6.07, 6.45) is 9.33. The first kappa shape index (κ1) is 24.2. The molecule has 0 spiro atoms. The number of carbonyl (C=O) groups is 1. The lowest BCUT2D eigenvalue weighted by atomic mass is 9.89. The van der Waals surface area contributed by atoms with Crippen molar-refractivity contribution in [1.82, 2.24) is 4.90 Å². The number of aromatic hydroxyl groups is 1. The number of phenols is 1. The molecule has 0 saturated heterocycles. The fraction of sp³-hybridized carbons (Fsp3) is 0.267. The van der Waals surface area contributed by atoms with Crippen LogP contribution < -0.4 is 0 Å². The molecule has 2 aliphatic heterocycles. The number of methoxy groups -OCH3 is 1. The number of ether oxygens (including phenoxy) is 1. The Morgan fingerprint density at radius 1 is 1.05 bits per heavy atom. The molecule has 1 amide bonds. The van der Waals surface area contributed by atoms with Crippen molar-refractivity contribution in [2.24, 2.45) is 10.9 Å². The third-order valence-electron chi connectivity index (χ3n) is 7.15. The fourth-order valence-corrected chi connectivity index (χ4v) is 7.38. The summed E-state index contributed by atoms with van der Waals surface area (Å²) in [5, 5.41) is 12.7. The highest BCUT2D eigenvalue weighted by Crippen LogP contribution is 2.53.